The van der Waals surface area contributed by atoms with Crippen LogP contribution in [0.4, 0.5) is 0 Å². The number of nitrogens with one attached hydrogen (secondary N) is 1. The third kappa shape index (κ3) is 4.29. The number of hydrogen-bond acceptors (Lipinski definition) is 4. The molecular formula is C11H14ClNO4S. The number of carboxylic acids is 1. The second-order valence-electron chi connectivity index (χ2n) is 3.60. The summed E-state index contributed by atoms with van der Waals surface area (Å²) in [7, 11) is 1.54. The molecule has 1 aromatic rings. The minimum absolute atomic E-state index is 0.317. The van der Waals surface area contributed by atoms with Gasteiger partial charge in [-0.1, -0.05) is 11.6 Å². The number of amides is 1. The number of carbonyl (C=O) groups excluding carboxylic acids is 1. The molecule has 0 aliphatic heterocycles. The molecular weight excluding hydrogens is 278 g/mol. The molecule has 18 heavy (non-hydrogen) atoms. The molecule has 0 bridgehead atoms. The van der Waals surface area contributed by atoms with Crippen molar-refractivity contribution in [2.75, 3.05) is 13.7 Å². The lowest BCUT2D eigenvalue weighted by Gasteiger charge is -2.13. The number of rotatable bonds is 7. The van der Waals surface area contributed by atoms with Crippen LogP contribution in [0.1, 0.15) is 22.5 Å². The Morgan fingerprint density at radius 2 is 2.33 bits per heavy atom. The predicted octanol–water partition coefficient (Wildman–Crippen LogP) is 2.01. The van der Waals surface area contributed by atoms with Gasteiger partial charge < -0.3 is 15.2 Å². The van der Waals surface area contributed by atoms with Gasteiger partial charge in [0.25, 0.3) is 5.91 Å². The van der Waals surface area contributed by atoms with Crippen LogP contribution in [0.3, 0.4) is 0 Å². The van der Waals surface area contributed by atoms with E-state index < -0.39 is 17.9 Å². The van der Waals surface area contributed by atoms with E-state index in [1.54, 1.807) is 18.6 Å². The Bertz CT molecular complexity index is 421. The molecule has 1 atom stereocenters. The zero-order valence-electron chi connectivity index (χ0n) is 9.81. The number of halogens is 1. The Hall–Kier alpha value is -1.11. The van der Waals surface area contributed by atoms with Crippen LogP contribution in [0.2, 0.25) is 5.02 Å². The molecule has 0 aliphatic rings. The molecule has 0 radical (unpaired) electrons. The van der Waals surface area contributed by atoms with Crippen molar-refractivity contribution in [3.05, 3.63) is 21.3 Å². The van der Waals surface area contributed by atoms with Crippen LogP contribution < -0.4 is 5.32 Å². The first-order chi connectivity index (χ1) is 8.56. The molecule has 0 saturated carbocycles. The van der Waals surface area contributed by atoms with E-state index in [2.05, 4.69) is 5.32 Å². The van der Waals surface area contributed by atoms with E-state index in [1.165, 1.54) is 11.3 Å². The zero-order chi connectivity index (χ0) is 13.5. The van der Waals surface area contributed by atoms with Crippen LogP contribution in [-0.4, -0.2) is 36.7 Å². The van der Waals surface area contributed by atoms with Gasteiger partial charge in [-0.3, -0.25) is 4.79 Å². The molecule has 1 rings (SSSR count). The maximum absolute atomic E-state index is 11.8. The first-order valence-electron chi connectivity index (χ1n) is 5.32. The number of carbonyl (C=O) groups is 2. The van der Waals surface area contributed by atoms with E-state index in [0.717, 1.165) is 0 Å². The number of thiophene rings is 1. The van der Waals surface area contributed by atoms with Gasteiger partial charge in [-0.25, -0.2) is 4.79 Å². The lowest BCUT2D eigenvalue weighted by atomic mass is 10.1. The van der Waals surface area contributed by atoms with Crippen LogP contribution in [0.15, 0.2) is 11.4 Å². The van der Waals surface area contributed by atoms with E-state index >= 15 is 0 Å². The fraction of sp³-hybridized carbons (Fsp3) is 0.455. The molecule has 1 unspecified atom stereocenters. The van der Waals surface area contributed by atoms with Crippen molar-refractivity contribution in [3.8, 4) is 0 Å². The number of ether oxygens (including phenoxy) is 1. The number of methoxy groups -OCH3 is 1. The van der Waals surface area contributed by atoms with Crippen molar-refractivity contribution in [1.82, 2.24) is 5.32 Å². The van der Waals surface area contributed by atoms with Gasteiger partial charge in [0.15, 0.2) is 0 Å². The van der Waals surface area contributed by atoms with Gasteiger partial charge >= 0.3 is 5.97 Å². The van der Waals surface area contributed by atoms with Crippen molar-refractivity contribution in [1.29, 1.82) is 0 Å². The molecule has 1 aromatic heterocycles. The molecule has 0 aliphatic carbocycles. The second-order valence-corrected chi connectivity index (χ2v) is 4.92. The largest absolute Gasteiger partial charge is 0.480 e. The first kappa shape index (κ1) is 14.9. The smallest absolute Gasteiger partial charge is 0.326 e. The lowest BCUT2D eigenvalue weighted by Crippen LogP contribution is -2.40. The number of aliphatic carboxylic acids is 1. The Morgan fingerprint density at radius 1 is 1.61 bits per heavy atom. The van der Waals surface area contributed by atoms with Crippen LogP contribution in [0, 0.1) is 0 Å². The molecule has 0 fully saturated rings. The molecule has 0 spiro atoms. The number of carboxylic acid groups (broad SMARTS) is 1. The van der Waals surface area contributed by atoms with Gasteiger partial charge in [0.2, 0.25) is 0 Å². The van der Waals surface area contributed by atoms with Crippen LogP contribution in [0.5, 0.6) is 0 Å². The molecule has 2 N–H and O–H groups in total. The van der Waals surface area contributed by atoms with Gasteiger partial charge in [-0.2, -0.15) is 0 Å². The highest BCUT2D eigenvalue weighted by Crippen LogP contribution is 2.21. The minimum Gasteiger partial charge on any atom is -0.480 e. The summed E-state index contributed by atoms with van der Waals surface area (Å²) in [5, 5.41) is 13.5. The van der Waals surface area contributed by atoms with Gasteiger partial charge in [0, 0.05) is 13.7 Å². The average Bonchev–Trinajstić information content (AvgIpc) is 2.74. The Labute approximate surface area is 114 Å². The van der Waals surface area contributed by atoms with Crippen molar-refractivity contribution < 1.29 is 19.4 Å². The van der Waals surface area contributed by atoms with Crippen molar-refractivity contribution in [2.45, 2.75) is 18.9 Å². The lowest BCUT2D eigenvalue weighted by molar-refractivity contribution is -0.139. The average molecular weight is 292 g/mol. The quantitative estimate of drug-likeness (QED) is 0.754. The van der Waals surface area contributed by atoms with Gasteiger partial charge in [0.1, 0.15) is 10.9 Å². The van der Waals surface area contributed by atoms with Gasteiger partial charge in [-0.05, 0) is 24.3 Å². The van der Waals surface area contributed by atoms with Crippen molar-refractivity contribution in [3.63, 3.8) is 0 Å². The van der Waals surface area contributed by atoms with Gasteiger partial charge in [0.05, 0.1) is 5.02 Å². The van der Waals surface area contributed by atoms with E-state index in [4.69, 9.17) is 21.4 Å². The topological polar surface area (TPSA) is 75.6 Å². The summed E-state index contributed by atoms with van der Waals surface area (Å²) in [6.07, 6.45) is 0.879. The maximum atomic E-state index is 11.8. The molecule has 0 aromatic carbocycles. The fourth-order valence-electron chi connectivity index (χ4n) is 1.37. The highest BCUT2D eigenvalue weighted by Gasteiger charge is 2.21. The highest BCUT2D eigenvalue weighted by molar-refractivity contribution is 7.12. The third-order valence-electron chi connectivity index (χ3n) is 2.27. The Morgan fingerprint density at radius 3 is 2.83 bits per heavy atom. The normalized spacial score (nSPS) is 12.1. The summed E-state index contributed by atoms with van der Waals surface area (Å²) in [4.78, 5) is 23.1. The molecule has 0 saturated heterocycles. The molecule has 5 nitrogen and oxygen atoms in total. The molecule has 7 heteroatoms. The van der Waals surface area contributed by atoms with Crippen molar-refractivity contribution in [2.24, 2.45) is 0 Å². The Balaban J connectivity index is 2.58. The first-order valence-corrected chi connectivity index (χ1v) is 6.57. The van der Waals surface area contributed by atoms with E-state index in [-0.39, 0.29) is 0 Å². The summed E-state index contributed by atoms with van der Waals surface area (Å²) in [5.74, 6) is -1.52. The van der Waals surface area contributed by atoms with Crippen molar-refractivity contribution >= 4 is 34.8 Å². The Kier molecular flexibility index (Phi) is 6.11. The summed E-state index contributed by atoms with van der Waals surface area (Å²) < 4.78 is 4.84. The van der Waals surface area contributed by atoms with Gasteiger partial charge in [-0.15, -0.1) is 11.3 Å². The summed E-state index contributed by atoms with van der Waals surface area (Å²) >= 11 is 6.98. The standard InChI is InChI=1S/C11H14ClNO4S/c1-17-5-2-3-8(11(15)16)13-10(14)9-7(12)4-6-18-9/h4,6,8H,2-3,5H2,1H3,(H,13,14)(H,15,16). The molecule has 1 heterocycles. The summed E-state index contributed by atoms with van der Waals surface area (Å²) in [5.41, 5.74) is 0. The fourth-order valence-corrected chi connectivity index (χ4v) is 2.41. The summed E-state index contributed by atoms with van der Waals surface area (Å²) in [6.45, 7) is 0.458. The van der Waals surface area contributed by atoms with Crippen LogP contribution in [0.25, 0.3) is 0 Å². The van der Waals surface area contributed by atoms with Crippen LogP contribution >= 0.6 is 22.9 Å². The third-order valence-corrected chi connectivity index (χ3v) is 3.61. The SMILES string of the molecule is COCCCC(NC(=O)c1sccc1Cl)C(=O)O. The van der Waals surface area contributed by atoms with Crippen LogP contribution in [-0.2, 0) is 9.53 Å². The zero-order valence-corrected chi connectivity index (χ0v) is 11.4. The maximum Gasteiger partial charge on any atom is 0.326 e. The number of hydrogen-bond donors (Lipinski definition) is 2. The summed E-state index contributed by atoms with van der Waals surface area (Å²) in [6, 6.07) is 0.674. The van der Waals surface area contributed by atoms with E-state index in [9.17, 15) is 9.59 Å². The van der Waals surface area contributed by atoms with E-state index in [1.807, 2.05) is 0 Å². The second kappa shape index (κ2) is 7.35. The van der Waals surface area contributed by atoms with E-state index in [0.29, 0.717) is 29.3 Å². The highest BCUT2D eigenvalue weighted by atomic mass is 35.5. The molecule has 1 amide bonds. The monoisotopic (exact) mass is 291 g/mol. The predicted molar refractivity (Wildman–Crippen MR) is 69.3 cm³/mol. The minimum atomic E-state index is -1.06. The molecule has 100 valence electrons.